The predicted octanol–water partition coefficient (Wildman–Crippen LogP) is 4.75. The molecule has 8 heteroatoms. The highest BCUT2D eigenvalue weighted by Gasteiger charge is 2.14. The summed E-state index contributed by atoms with van der Waals surface area (Å²) in [7, 11) is 0. The Balaban J connectivity index is 2.24. The first kappa shape index (κ1) is 21.6. The summed E-state index contributed by atoms with van der Waals surface area (Å²) in [5.41, 5.74) is 4.36. The van der Waals surface area contributed by atoms with E-state index < -0.39 is 4.92 Å². The minimum Gasteiger partial charge on any atom is -0.371 e. The van der Waals surface area contributed by atoms with E-state index in [1.807, 2.05) is 6.92 Å². The lowest BCUT2D eigenvalue weighted by molar-refractivity contribution is -0.384. The normalized spacial score (nSPS) is 10.8. The number of anilines is 1. The number of hydrogen-bond acceptors (Lipinski definition) is 5. The molecular formula is C20H23BrN4O3. The zero-order valence-electron chi connectivity index (χ0n) is 15.9. The van der Waals surface area contributed by atoms with Gasteiger partial charge in [-0.15, -0.1) is 0 Å². The van der Waals surface area contributed by atoms with E-state index in [2.05, 4.69) is 38.3 Å². The van der Waals surface area contributed by atoms with Crippen molar-refractivity contribution < 1.29 is 9.72 Å². The number of unbranched alkanes of at least 4 members (excludes halogenated alkanes) is 1. The Kier molecular flexibility index (Phi) is 8.13. The van der Waals surface area contributed by atoms with E-state index in [1.165, 1.54) is 18.3 Å². The van der Waals surface area contributed by atoms with Gasteiger partial charge >= 0.3 is 0 Å². The van der Waals surface area contributed by atoms with Gasteiger partial charge < -0.3 is 4.90 Å². The molecule has 2 aromatic carbocycles. The van der Waals surface area contributed by atoms with Gasteiger partial charge in [0.25, 0.3) is 11.6 Å². The fraction of sp³-hybridized carbons (Fsp3) is 0.300. The highest BCUT2D eigenvalue weighted by Crippen LogP contribution is 2.24. The molecule has 0 aliphatic rings. The number of amides is 1. The van der Waals surface area contributed by atoms with E-state index in [0.717, 1.165) is 36.1 Å². The van der Waals surface area contributed by atoms with Gasteiger partial charge in [0.2, 0.25) is 0 Å². The Morgan fingerprint density at radius 2 is 1.96 bits per heavy atom. The van der Waals surface area contributed by atoms with Crippen molar-refractivity contribution in [1.29, 1.82) is 0 Å². The van der Waals surface area contributed by atoms with E-state index in [9.17, 15) is 14.9 Å². The summed E-state index contributed by atoms with van der Waals surface area (Å²) in [4.78, 5) is 25.0. The fourth-order valence-electron chi connectivity index (χ4n) is 2.67. The van der Waals surface area contributed by atoms with Crippen LogP contribution in [0.3, 0.4) is 0 Å². The van der Waals surface area contributed by atoms with Crippen molar-refractivity contribution in [2.45, 2.75) is 26.7 Å². The number of nitrogens with one attached hydrogen (secondary N) is 1. The maximum atomic E-state index is 12.2. The molecule has 0 unspecified atom stereocenters. The third-order valence-corrected chi connectivity index (χ3v) is 4.73. The van der Waals surface area contributed by atoms with Crippen LogP contribution in [0.2, 0.25) is 0 Å². The molecule has 2 aromatic rings. The van der Waals surface area contributed by atoms with E-state index in [0.29, 0.717) is 11.1 Å². The van der Waals surface area contributed by atoms with Gasteiger partial charge in [-0.25, -0.2) is 5.43 Å². The molecule has 0 aliphatic carbocycles. The molecule has 0 aromatic heterocycles. The quantitative estimate of drug-likeness (QED) is 0.342. The van der Waals surface area contributed by atoms with Gasteiger partial charge in [0.05, 0.1) is 11.1 Å². The second-order valence-corrected chi connectivity index (χ2v) is 7.06. The second kappa shape index (κ2) is 10.6. The van der Waals surface area contributed by atoms with Crippen molar-refractivity contribution >= 4 is 39.4 Å². The third-order valence-electron chi connectivity index (χ3n) is 4.20. The first-order valence-corrected chi connectivity index (χ1v) is 9.88. The van der Waals surface area contributed by atoms with Crippen LogP contribution >= 0.6 is 15.9 Å². The number of hydrazone groups is 1. The smallest absolute Gasteiger partial charge is 0.271 e. The van der Waals surface area contributed by atoms with E-state index in [1.54, 1.807) is 30.3 Å². The molecule has 0 saturated carbocycles. The van der Waals surface area contributed by atoms with Crippen LogP contribution in [-0.4, -0.2) is 30.1 Å². The zero-order valence-corrected chi connectivity index (χ0v) is 17.5. The molecule has 0 spiro atoms. The van der Waals surface area contributed by atoms with E-state index in [4.69, 9.17) is 0 Å². The summed E-state index contributed by atoms with van der Waals surface area (Å²) in [6.07, 6.45) is 3.52. The molecule has 0 bridgehead atoms. The van der Waals surface area contributed by atoms with Crippen LogP contribution in [0.25, 0.3) is 0 Å². The van der Waals surface area contributed by atoms with Crippen LogP contribution in [0.15, 0.2) is 52.0 Å². The fourth-order valence-corrected chi connectivity index (χ4v) is 2.94. The molecule has 0 saturated heterocycles. The first-order valence-electron chi connectivity index (χ1n) is 9.08. The predicted molar refractivity (Wildman–Crippen MR) is 115 cm³/mol. The lowest BCUT2D eigenvalue weighted by Crippen LogP contribution is -2.25. The molecule has 0 heterocycles. The van der Waals surface area contributed by atoms with Crippen molar-refractivity contribution in [3.8, 4) is 0 Å². The van der Waals surface area contributed by atoms with Crippen molar-refractivity contribution in [2.75, 3.05) is 18.0 Å². The van der Waals surface area contributed by atoms with E-state index in [-0.39, 0.29) is 11.6 Å². The van der Waals surface area contributed by atoms with Crippen LogP contribution < -0.4 is 10.3 Å². The Morgan fingerprint density at radius 3 is 2.57 bits per heavy atom. The maximum Gasteiger partial charge on any atom is 0.271 e. The van der Waals surface area contributed by atoms with Gasteiger partial charge in [-0.2, -0.15) is 5.10 Å². The summed E-state index contributed by atoms with van der Waals surface area (Å²) in [6, 6.07) is 11.6. The van der Waals surface area contributed by atoms with Gasteiger partial charge in [-0.05, 0) is 43.7 Å². The SMILES string of the molecule is CCCCN(CC)c1ccc([N+](=O)[O-])cc1/C=N\NC(=O)c1ccc(Br)cc1. The molecule has 0 aliphatic heterocycles. The summed E-state index contributed by atoms with van der Waals surface area (Å²) >= 11 is 3.32. The standard InChI is InChI=1S/C20H23BrN4O3/c1-3-5-12-24(4-2)19-11-10-18(25(27)28)13-16(19)14-22-23-20(26)15-6-8-17(21)9-7-15/h6-11,13-14H,3-5,12H2,1-2H3,(H,23,26)/b22-14-. The number of benzene rings is 2. The maximum absolute atomic E-state index is 12.2. The molecule has 148 valence electrons. The topological polar surface area (TPSA) is 87.8 Å². The van der Waals surface area contributed by atoms with Crippen molar-refractivity contribution in [1.82, 2.24) is 5.43 Å². The monoisotopic (exact) mass is 446 g/mol. The highest BCUT2D eigenvalue weighted by molar-refractivity contribution is 9.10. The molecule has 7 nitrogen and oxygen atoms in total. The Bertz CT molecular complexity index is 853. The van der Waals surface area contributed by atoms with Crippen LogP contribution in [-0.2, 0) is 0 Å². The largest absolute Gasteiger partial charge is 0.371 e. The number of nitro groups is 1. The van der Waals surface area contributed by atoms with Gasteiger partial charge in [0.1, 0.15) is 0 Å². The molecule has 28 heavy (non-hydrogen) atoms. The zero-order chi connectivity index (χ0) is 20.5. The summed E-state index contributed by atoms with van der Waals surface area (Å²) in [5, 5.41) is 15.2. The molecule has 1 N–H and O–H groups in total. The number of nitro benzene ring substituents is 1. The minimum absolute atomic E-state index is 0.0176. The molecule has 2 rings (SSSR count). The number of non-ortho nitro benzene ring substituents is 1. The molecular weight excluding hydrogens is 424 g/mol. The summed E-state index contributed by atoms with van der Waals surface area (Å²) < 4.78 is 0.875. The number of carbonyl (C=O) groups is 1. The van der Waals surface area contributed by atoms with Crippen LogP contribution in [0.4, 0.5) is 11.4 Å². The third kappa shape index (κ3) is 5.88. The molecule has 0 radical (unpaired) electrons. The van der Waals surface area contributed by atoms with Gasteiger partial charge in [-0.1, -0.05) is 29.3 Å². The van der Waals surface area contributed by atoms with Gasteiger partial charge in [-0.3, -0.25) is 14.9 Å². The number of rotatable bonds is 9. The second-order valence-electron chi connectivity index (χ2n) is 6.14. The summed E-state index contributed by atoms with van der Waals surface area (Å²) in [6.45, 7) is 5.76. The molecule has 0 atom stereocenters. The Labute approximate surface area is 172 Å². The van der Waals surface area contributed by atoms with Crippen molar-refractivity contribution in [3.63, 3.8) is 0 Å². The van der Waals surface area contributed by atoms with Crippen LogP contribution in [0.5, 0.6) is 0 Å². The lowest BCUT2D eigenvalue weighted by atomic mass is 10.1. The van der Waals surface area contributed by atoms with Gasteiger partial charge in [0.15, 0.2) is 0 Å². The highest BCUT2D eigenvalue weighted by atomic mass is 79.9. The minimum atomic E-state index is -0.441. The first-order chi connectivity index (χ1) is 13.5. The van der Waals surface area contributed by atoms with Gasteiger partial charge in [0, 0.05) is 46.5 Å². The number of nitrogens with zero attached hydrogens (tertiary/aromatic N) is 3. The van der Waals surface area contributed by atoms with Crippen molar-refractivity contribution in [3.05, 3.63) is 68.2 Å². The number of carbonyl (C=O) groups excluding carboxylic acids is 1. The lowest BCUT2D eigenvalue weighted by Gasteiger charge is -2.24. The summed E-state index contributed by atoms with van der Waals surface area (Å²) in [5.74, 6) is -0.353. The Morgan fingerprint density at radius 1 is 1.25 bits per heavy atom. The van der Waals surface area contributed by atoms with Crippen LogP contribution in [0, 0.1) is 10.1 Å². The number of halogens is 1. The van der Waals surface area contributed by atoms with E-state index >= 15 is 0 Å². The molecule has 1 amide bonds. The number of hydrogen-bond donors (Lipinski definition) is 1. The van der Waals surface area contributed by atoms with Crippen LogP contribution in [0.1, 0.15) is 42.6 Å². The average molecular weight is 447 g/mol. The Hall–Kier alpha value is -2.74. The van der Waals surface area contributed by atoms with Crippen molar-refractivity contribution in [2.24, 2.45) is 5.10 Å². The molecule has 0 fully saturated rings. The average Bonchev–Trinajstić information content (AvgIpc) is 2.69.